The van der Waals surface area contributed by atoms with E-state index < -0.39 is 0 Å². The van der Waals surface area contributed by atoms with E-state index in [1.807, 2.05) is 62.8 Å². The van der Waals surface area contributed by atoms with Gasteiger partial charge in [-0.25, -0.2) is 19.0 Å². The predicted octanol–water partition coefficient (Wildman–Crippen LogP) is 3.45. The Kier molecular flexibility index (Phi) is 5.44. The van der Waals surface area contributed by atoms with E-state index >= 15 is 0 Å². The molecule has 1 aliphatic rings. The average molecular weight is 496 g/mol. The van der Waals surface area contributed by atoms with E-state index in [0.717, 1.165) is 33.9 Å². The number of pyridine rings is 1. The quantitative estimate of drug-likeness (QED) is 0.342. The Balaban J connectivity index is 1.22. The van der Waals surface area contributed by atoms with Crippen LogP contribution in [-0.2, 0) is 4.79 Å². The number of amides is 1. The zero-order valence-corrected chi connectivity index (χ0v) is 20.4. The van der Waals surface area contributed by atoms with Crippen LogP contribution in [0.4, 0.5) is 17.2 Å². The van der Waals surface area contributed by atoms with Gasteiger partial charge in [-0.2, -0.15) is 10.2 Å². The van der Waals surface area contributed by atoms with Crippen molar-refractivity contribution >= 4 is 34.3 Å². The van der Waals surface area contributed by atoms with Crippen LogP contribution in [0, 0.1) is 6.92 Å². The maximum atomic E-state index is 11.9. The number of benzene rings is 1. The Morgan fingerprint density at radius 2 is 1.89 bits per heavy atom. The zero-order valence-electron chi connectivity index (χ0n) is 20.4. The molecule has 0 atom stereocenters. The third kappa shape index (κ3) is 4.10. The smallest absolute Gasteiger partial charge is 0.246 e. The molecule has 0 spiro atoms. The molecule has 1 saturated heterocycles. The molecule has 11 nitrogen and oxygen atoms in total. The summed E-state index contributed by atoms with van der Waals surface area (Å²) in [5.41, 5.74) is 4.40. The first-order valence-corrected chi connectivity index (χ1v) is 11.8. The van der Waals surface area contributed by atoms with Crippen molar-refractivity contribution in [2.75, 3.05) is 30.4 Å². The van der Waals surface area contributed by atoms with Crippen molar-refractivity contribution in [3.63, 3.8) is 0 Å². The lowest BCUT2D eigenvalue weighted by molar-refractivity contribution is -0.130. The number of carbonyl (C=O) groups is 1. The van der Waals surface area contributed by atoms with E-state index in [9.17, 15) is 4.79 Å². The normalized spacial score (nSPS) is 13.5. The largest absolute Gasteiger partial charge is 0.457 e. The van der Waals surface area contributed by atoms with Gasteiger partial charge >= 0.3 is 0 Å². The Bertz CT molecular complexity index is 1630. The van der Waals surface area contributed by atoms with Gasteiger partial charge in [-0.1, -0.05) is 6.58 Å². The fourth-order valence-electron chi connectivity index (χ4n) is 4.49. The van der Waals surface area contributed by atoms with Crippen LogP contribution >= 0.6 is 0 Å². The molecule has 1 amide bonds. The molecule has 4 aromatic heterocycles. The van der Waals surface area contributed by atoms with E-state index in [0.29, 0.717) is 24.7 Å². The number of anilines is 3. The number of aromatic nitrogens is 6. The van der Waals surface area contributed by atoms with Gasteiger partial charge < -0.3 is 19.9 Å². The summed E-state index contributed by atoms with van der Waals surface area (Å²) in [5.74, 6) is 2.07. The molecule has 0 bridgehead atoms. The van der Waals surface area contributed by atoms with Gasteiger partial charge in [0.15, 0.2) is 11.5 Å². The molecule has 0 radical (unpaired) electrons. The van der Waals surface area contributed by atoms with Crippen LogP contribution in [0.25, 0.3) is 11.2 Å². The fourth-order valence-corrected chi connectivity index (χ4v) is 4.49. The molecule has 5 aromatic rings. The molecule has 1 aromatic carbocycles. The summed E-state index contributed by atoms with van der Waals surface area (Å²) in [7, 11) is 2.03. The zero-order chi connectivity index (χ0) is 25.5. The first-order valence-electron chi connectivity index (χ1n) is 11.8. The second kappa shape index (κ2) is 8.94. The average Bonchev–Trinajstić information content (AvgIpc) is 3.52. The minimum atomic E-state index is -0.0426. The number of nitrogens with one attached hydrogen (secondary N) is 1. The summed E-state index contributed by atoms with van der Waals surface area (Å²) in [4.78, 5) is 24.5. The number of rotatable bonds is 7. The van der Waals surface area contributed by atoms with Crippen molar-refractivity contribution in [3.05, 3.63) is 79.7 Å². The van der Waals surface area contributed by atoms with E-state index in [-0.39, 0.29) is 11.9 Å². The van der Waals surface area contributed by atoms with Crippen molar-refractivity contribution in [2.45, 2.75) is 13.0 Å². The molecule has 37 heavy (non-hydrogen) atoms. The van der Waals surface area contributed by atoms with Gasteiger partial charge in [-0.15, -0.1) is 0 Å². The standard InChI is InChI=1S/C26H25N9O2/c1-4-24(36)33-13-19(14-33)32(3)21-8-10-35-25(21)26(28-16-30-35)31-18-5-6-22(17(2)11-18)37-20-7-9-34-23(12-20)27-15-29-34/h4-12,15-16,19H,1,13-14H2,2-3H3,(H,28,30,31). The molecule has 6 rings (SSSR count). The molecular formula is C26H25N9O2. The highest BCUT2D eigenvalue weighted by Gasteiger charge is 2.33. The molecule has 1 fully saturated rings. The number of likely N-dealkylation sites (N-methyl/N-ethyl adjacent to an activating group) is 1. The van der Waals surface area contributed by atoms with Crippen molar-refractivity contribution in [2.24, 2.45) is 0 Å². The molecule has 0 saturated carbocycles. The van der Waals surface area contributed by atoms with Gasteiger partial charge in [0.25, 0.3) is 0 Å². The van der Waals surface area contributed by atoms with Crippen molar-refractivity contribution in [1.29, 1.82) is 0 Å². The van der Waals surface area contributed by atoms with Gasteiger partial charge in [0.1, 0.15) is 29.7 Å². The number of carbonyl (C=O) groups excluding carboxylic acids is 1. The highest BCUT2D eigenvalue weighted by molar-refractivity contribution is 5.89. The van der Waals surface area contributed by atoms with Gasteiger partial charge in [0, 0.05) is 44.3 Å². The minimum absolute atomic E-state index is 0.0426. The maximum Gasteiger partial charge on any atom is 0.246 e. The predicted molar refractivity (Wildman–Crippen MR) is 139 cm³/mol. The maximum absolute atomic E-state index is 11.9. The summed E-state index contributed by atoms with van der Waals surface area (Å²) in [5, 5.41) is 11.9. The van der Waals surface area contributed by atoms with Gasteiger partial charge in [0.05, 0.1) is 11.7 Å². The van der Waals surface area contributed by atoms with Crippen molar-refractivity contribution < 1.29 is 9.53 Å². The Morgan fingerprint density at radius 1 is 1.11 bits per heavy atom. The first kappa shape index (κ1) is 22.5. The highest BCUT2D eigenvalue weighted by atomic mass is 16.5. The number of hydrogen-bond donors (Lipinski definition) is 1. The number of ether oxygens (including phenoxy) is 1. The number of aryl methyl sites for hydroxylation is 1. The molecular weight excluding hydrogens is 470 g/mol. The Morgan fingerprint density at radius 3 is 2.70 bits per heavy atom. The van der Waals surface area contributed by atoms with Crippen LogP contribution in [0.3, 0.4) is 0 Å². The number of likely N-dealkylation sites (tertiary alicyclic amines) is 1. The lowest BCUT2D eigenvalue weighted by atomic mass is 10.1. The van der Waals surface area contributed by atoms with Crippen LogP contribution in [-0.4, -0.2) is 66.2 Å². The van der Waals surface area contributed by atoms with Crippen LogP contribution in [0.1, 0.15) is 5.56 Å². The molecule has 1 N–H and O–H groups in total. The lowest BCUT2D eigenvalue weighted by Gasteiger charge is -2.44. The van der Waals surface area contributed by atoms with Crippen molar-refractivity contribution in [1.82, 2.24) is 34.1 Å². The third-order valence-corrected chi connectivity index (χ3v) is 6.63. The molecule has 5 heterocycles. The van der Waals surface area contributed by atoms with E-state index in [1.54, 1.807) is 13.9 Å². The molecule has 1 aliphatic heterocycles. The van der Waals surface area contributed by atoms with Gasteiger partial charge in [-0.05, 0) is 48.9 Å². The van der Waals surface area contributed by atoms with E-state index in [4.69, 9.17) is 4.74 Å². The third-order valence-electron chi connectivity index (χ3n) is 6.63. The number of hydrogen-bond acceptors (Lipinski definition) is 8. The first-order chi connectivity index (χ1) is 18.0. The van der Waals surface area contributed by atoms with Crippen LogP contribution in [0.15, 0.2) is 74.1 Å². The monoisotopic (exact) mass is 495 g/mol. The van der Waals surface area contributed by atoms with Crippen LogP contribution < -0.4 is 15.0 Å². The fraction of sp³-hybridized carbons (Fsp3) is 0.192. The summed E-state index contributed by atoms with van der Waals surface area (Å²) in [6, 6.07) is 11.8. The Labute approximate surface area is 212 Å². The summed E-state index contributed by atoms with van der Waals surface area (Å²) >= 11 is 0. The molecule has 0 aliphatic carbocycles. The summed E-state index contributed by atoms with van der Waals surface area (Å²) in [6.07, 6.45) is 8.11. The summed E-state index contributed by atoms with van der Waals surface area (Å²) < 4.78 is 9.59. The molecule has 186 valence electrons. The SMILES string of the molecule is C=CC(=O)N1CC(N(C)c2ccn3ncnc(Nc4ccc(Oc5ccn6ncnc6c5)c(C)c4)c23)C1. The minimum Gasteiger partial charge on any atom is -0.457 e. The topological polar surface area (TPSA) is 105 Å². The number of fused-ring (bicyclic) bond motifs is 2. The molecule has 11 heteroatoms. The van der Waals surface area contributed by atoms with Crippen molar-refractivity contribution in [3.8, 4) is 11.5 Å². The highest BCUT2D eigenvalue weighted by Crippen LogP contribution is 2.33. The molecule has 0 unspecified atom stereocenters. The van der Waals surface area contributed by atoms with Gasteiger partial charge in [0.2, 0.25) is 5.91 Å². The van der Waals surface area contributed by atoms with Crippen LogP contribution in [0.5, 0.6) is 11.5 Å². The van der Waals surface area contributed by atoms with Crippen LogP contribution in [0.2, 0.25) is 0 Å². The number of nitrogens with zero attached hydrogens (tertiary/aromatic N) is 8. The Hall–Kier alpha value is -4.93. The lowest BCUT2D eigenvalue weighted by Crippen LogP contribution is -2.60. The van der Waals surface area contributed by atoms with E-state index in [2.05, 4.69) is 37.0 Å². The second-order valence-corrected chi connectivity index (χ2v) is 8.95. The van der Waals surface area contributed by atoms with E-state index in [1.165, 1.54) is 18.7 Å². The second-order valence-electron chi connectivity index (χ2n) is 8.95. The van der Waals surface area contributed by atoms with Gasteiger partial charge in [-0.3, -0.25) is 4.79 Å². The summed E-state index contributed by atoms with van der Waals surface area (Å²) in [6.45, 7) is 6.87.